The fourth-order valence-electron chi connectivity index (χ4n) is 4.18. The molecule has 2 nitrogen and oxygen atoms in total. The van der Waals surface area contributed by atoms with E-state index in [2.05, 4.69) is 17.4 Å². The molecule has 0 fully saturated rings. The van der Waals surface area contributed by atoms with E-state index in [4.69, 9.17) is 0 Å². The van der Waals surface area contributed by atoms with Gasteiger partial charge in [0.15, 0.2) is 5.78 Å². The summed E-state index contributed by atoms with van der Waals surface area (Å²) in [4.78, 5) is 13.9. The SMILES string of the molecule is O=C1C(=C(Nc2ccccc2)c2ccccc2)c2ccccc2C1c1ccccc1. The molecule has 2 heteroatoms. The van der Waals surface area contributed by atoms with Crippen LogP contribution in [0.25, 0.3) is 11.3 Å². The normalized spacial score (nSPS) is 16.8. The average Bonchev–Trinajstić information content (AvgIpc) is 3.11. The molecule has 1 N–H and O–H groups in total. The Morgan fingerprint density at radius 3 is 1.90 bits per heavy atom. The second-order valence-electron chi connectivity index (χ2n) is 7.40. The van der Waals surface area contributed by atoms with E-state index in [1.807, 2.05) is 103 Å². The molecule has 5 rings (SSSR count). The van der Waals surface area contributed by atoms with E-state index in [1.54, 1.807) is 0 Å². The van der Waals surface area contributed by atoms with Gasteiger partial charge in [0.05, 0.1) is 17.2 Å². The van der Waals surface area contributed by atoms with Gasteiger partial charge in [0, 0.05) is 5.69 Å². The lowest BCUT2D eigenvalue weighted by Crippen LogP contribution is -2.11. The molecule has 0 saturated heterocycles. The summed E-state index contributed by atoms with van der Waals surface area (Å²) in [6.07, 6.45) is 0. The molecule has 0 amide bonds. The third kappa shape index (κ3) is 3.23. The summed E-state index contributed by atoms with van der Waals surface area (Å²) >= 11 is 0. The van der Waals surface area contributed by atoms with E-state index in [0.717, 1.165) is 39.2 Å². The van der Waals surface area contributed by atoms with Crippen LogP contribution in [0, 0.1) is 0 Å². The van der Waals surface area contributed by atoms with Crippen molar-refractivity contribution in [3.8, 4) is 0 Å². The van der Waals surface area contributed by atoms with Crippen LogP contribution in [0.1, 0.15) is 28.2 Å². The highest BCUT2D eigenvalue weighted by atomic mass is 16.1. The van der Waals surface area contributed by atoms with Crippen LogP contribution < -0.4 is 5.32 Å². The number of carbonyl (C=O) groups is 1. The summed E-state index contributed by atoms with van der Waals surface area (Å²) in [5.41, 5.74) is 6.63. The average molecular weight is 387 g/mol. The standard InChI is InChI=1S/C28H21NO/c30-28-25(20-12-4-1-5-13-20)23-18-10-11-19-24(23)26(28)27(21-14-6-2-7-15-21)29-22-16-8-3-9-17-22/h1-19,25,29H. The quantitative estimate of drug-likeness (QED) is 0.412. The van der Waals surface area contributed by atoms with Crippen molar-refractivity contribution in [2.45, 2.75) is 5.92 Å². The first kappa shape index (κ1) is 18.1. The number of fused-ring (bicyclic) bond motifs is 1. The highest BCUT2D eigenvalue weighted by molar-refractivity contribution is 6.35. The number of carbonyl (C=O) groups excluding carboxylic acids is 1. The minimum atomic E-state index is -0.284. The molecule has 4 aromatic rings. The largest absolute Gasteiger partial charge is 0.354 e. The Balaban J connectivity index is 1.74. The van der Waals surface area contributed by atoms with Crippen molar-refractivity contribution in [3.63, 3.8) is 0 Å². The number of anilines is 1. The van der Waals surface area contributed by atoms with Crippen LogP contribution >= 0.6 is 0 Å². The van der Waals surface area contributed by atoms with Crippen LogP contribution in [-0.4, -0.2) is 5.78 Å². The molecule has 0 bridgehead atoms. The number of allylic oxidation sites excluding steroid dienone is 1. The highest BCUT2D eigenvalue weighted by Gasteiger charge is 2.38. The van der Waals surface area contributed by atoms with Gasteiger partial charge in [0.2, 0.25) is 0 Å². The Hall–Kier alpha value is -3.91. The van der Waals surface area contributed by atoms with Crippen LogP contribution in [0.2, 0.25) is 0 Å². The van der Waals surface area contributed by atoms with E-state index in [-0.39, 0.29) is 11.7 Å². The van der Waals surface area contributed by atoms with Crippen molar-refractivity contribution in [1.82, 2.24) is 0 Å². The zero-order chi connectivity index (χ0) is 20.3. The lowest BCUT2D eigenvalue weighted by Gasteiger charge is -2.15. The second kappa shape index (κ2) is 7.84. The van der Waals surface area contributed by atoms with Gasteiger partial charge in [-0.15, -0.1) is 0 Å². The number of hydrogen-bond donors (Lipinski definition) is 1. The van der Waals surface area contributed by atoms with Gasteiger partial charge in [0.1, 0.15) is 0 Å². The highest BCUT2D eigenvalue weighted by Crippen LogP contribution is 2.45. The van der Waals surface area contributed by atoms with E-state index in [0.29, 0.717) is 0 Å². The molecule has 1 unspecified atom stereocenters. The summed E-state index contributed by atoms with van der Waals surface area (Å²) in [5, 5.41) is 3.54. The molecule has 0 radical (unpaired) electrons. The van der Waals surface area contributed by atoms with E-state index < -0.39 is 0 Å². The zero-order valence-corrected chi connectivity index (χ0v) is 16.5. The van der Waals surface area contributed by atoms with Gasteiger partial charge in [-0.1, -0.05) is 103 Å². The molecule has 30 heavy (non-hydrogen) atoms. The van der Waals surface area contributed by atoms with Crippen LogP contribution in [0.15, 0.2) is 115 Å². The van der Waals surface area contributed by atoms with Crippen molar-refractivity contribution in [3.05, 3.63) is 138 Å². The van der Waals surface area contributed by atoms with Crippen LogP contribution in [0.4, 0.5) is 5.69 Å². The Bertz CT molecular complexity index is 1210. The molecule has 0 heterocycles. The number of ketones is 1. The van der Waals surface area contributed by atoms with Crippen molar-refractivity contribution in [2.24, 2.45) is 0 Å². The Morgan fingerprint density at radius 1 is 0.633 bits per heavy atom. The Kier molecular flexibility index (Phi) is 4.74. The number of rotatable bonds is 4. The molecular formula is C28H21NO. The van der Waals surface area contributed by atoms with Gasteiger partial charge in [-0.3, -0.25) is 4.79 Å². The smallest absolute Gasteiger partial charge is 0.177 e. The molecule has 1 atom stereocenters. The molecule has 1 aliphatic carbocycles. The Morgan fingerprint density at radius 2 is 1.20 bits per heavy atom. The van der Waals surface area contributed by atoms with Crippen LogP contribution in [0.5, 0.6) is 0 Å². The summed E-state index contributed by atoms with van der Waals surface area (Å²) < 4.78 is 0. The molecular weight excluding hydrogens is 366 g/mol. The maximum atomic E-state index is 13.9. The third-order valence-corrected chi connectivity index (χ3v) is 5.54. The number of nitrogens with one attached hydrogen (secondary N) is 1. The minimum Gasteiger partial charge on any atom is -0.354 e. The van der Waals surface area contributed by atoms with Crippen LogP contribution in [0.3, 0.4) is 0 Å². The fourth-order valence-corrected chi connectivity index (χ4v) is 4.18. The monoisotopic (exact) mass is 387 g/mol. The number of Topliss-reactive ketones (excluding diaryl/α,β-unsaturated/α-hetero) is 1. The van der Waals surface area contributed by atoms with Crippen LogP contribution in [-0.2, 0) is 4.79 Å². The van der Waals surface area contributed by atoms with Crippen molar-refractivity contribution < 1.29 is 4.79 Å². The van der Waals surface area contributed by atoms with Crippen molar-refractivity contribution in [2.75, 3.05) is 5.32 Å². The number of para-hydroxylation sites is 1. The Labute approximate surface area is 176 Å². The van der Waals surface area contributed by atoms with Gasteiger partial charge in [0.25, 0.3) is 0 Å². The van der Waals surface area contributed by atoms with Gasteiger partial charge in [-0.25, -0.2) is 0 Å². The first-order valence-corrected chi connectivity index (χ1v) is 10.1. The fraction of sp³-hybridized carbons (Fsp3) is 0.0357. The molecule has 1 aliphatic rings. The van der Waals surface area contributed by atoms with E-state index in [9.17, 15) is 4.79 Å². The van der Waals surface area contributed by atoms with E-state index >= 15 is 0 Å². The predicted octanol–water partition coefficient (Wildman–Crippen LogP) is 6.38. The molecule has 0 spiro atoms. The summed E-state index contributed by atoms with van der Waals surface area (Å²) in [6, 6.07) is 38.3. The zero-order valence-electron chi connectivity index (χ0n) is 16.5. The van der Waals surface area contributed by atoms with Gasteiger partial charge < -0.3 is 5.32 Å². The maximum Gasteiger partial charge on any atom is 0.177 e. The first-order valence-electron chi connectivity index (χ1n) is 10.1. The lowest BCUT2D eigenvalue weighted by atomic mass is 9.92. The van der Waals surface area contributed by atoms with Crippen molar-refractivity contribution >= 4 is 22.7 Å². The number of hydrogen-bond acceptors (Lipinski definition) is 2. The third-order valence-electron chi connectivity index (χ3n) is 5.54. The van der Waals surface area contributed by atoms with Crippen molar-refractivity contribution in [1.29, 1.82) is 0 Å². The van der Waals surface area contributed by atoms with Gasteiger partial charge in [-0.2, -0.15) is 0 Å². The second-order valence-corrected chi connectivity index (χ2v) is 7.40. The predicted molar refractivity (Wildman–Crippen MR) is 123 cm³/mol. The summed E-state index contributed by atoms with van der Waals surface area (Å²) in [6.45, 7) is 0. The molecule has 0 aliphatic heterocycles. The minimum absolute atomic E-state index is 0.129. The lowest BCUT2D eigenvalue weighted by molar-refractivity contribution is -0.113. The molecule has 4 aromatic carbocycles. The molecule has 0 aromatic heterocycles. The topological polar surface area (TPSA) is 29.1 Å². The van der Waals surface area contributed by atoms with E-state index in [1.165, 1.54) is 0 Å². The summed E-state index contributed by atoms with van der Waals surface area (Å²) in [7, 11) is 0. The number of benzene rings is 4. The summed E-state index contributed by atoms with van der Waals surface area (Å²) in [5.74, 6) is -0.154. The maximum absolute atomic E-state index is 13.9. The van der Waals surface area contributed by atoms with Gasteiger partial charge in [-0.05, 0) is 34.4 Å². The molecule has 144 valence electrons. The van der Waals surface area contributed by atoms with Gasteiger partial charge >= 0.3 is 0 Å². The molecule has 0 saturated carbocycles. The first-order chi connectivity index (χ1) is 14.8.